The largest absolute Gasteiger partial charge is 0.362 e. The van der Waals surface area contributed by atoms with Gasteiger partial charge in [-0.25, -0.2) is 15.0 Å². The molecule has 90 valence electrons. The van der Waals surface area contributed by atoms with Crippen molar-refractivity contribution in [3.8, 4) is 0 Å². The fourth-order valence-corrected chi connectivity index (χ4v) is 1.80. The van der Waals surface area contributed by atoms with E-state index >= 15 is 0 Å². The summed E-state index contributed by atoms with van der Waals surface area (Å²) in [5.74, 6) is 1.64. The summed E-state index contributed by atoms with van der Waals surface area (Å²) in [5.41, 5.74) is 0.961. The Hall–Kier alpha value is -1.62. The van der Waals surface area contributed by atoms with Crippen LogP contribution < -0.4 is 5.32 Å². The summed E-state index contributed by atoms with van der Waals surface area (Å²) in [6.45, 7) is 2.69. The number of aromatic nitrogens is 4. The van der Waals surface area contributed by atoms with Crippen LogP contribution in [0.1, 0.15) is 24.7 Å². The van der Waals surface area contributed by atoms with Gasteiger partial charge in [0, 0.05) is 18.0 Å². The topological polar surface area (TPSA) is 66.5 Å². The predicted molar refractivity (Wildman–Crippen MR) is 67.0 cm³/mol. The average molecular weight is 252 g/mol. The van der Waals surface area contributed by atoms with Gasteiger partial charge < -0.3 is 10.3 Å². The van der Waals surface area contributed by atoms with Crippen molar-refractivity contribution < 1.29 is 0 Å². The third-order valence-electron chi connectivity index (χ3n) is 2.37. The molecule has 0 unspecified atom stereocenters. The zero-order valence-electron chi connectivity index (χ0n) is 9.57. The maximum absolute atomic E-state index is 6.05. The molecule has 6 heteroatoms. The molecule has 2 N–H and O–H groups in total. The van der Waals surface area contributed by atoms with Crippen LogP contribution in [0.4, 0.5) is 5.82 Å². The van der Waals surface area contributed by atoms with Gasteiger partial charge in [-0.2, -0.15) is 0 Å². The van der Waals surface area contributed by atoms with Crippen molar-refractivity contribution in [3.05, 3.63) is 35.3 Å². The van der Waals surface area contributed by atoms with E-state index in [2.05, 4.69) is 32.2 Å². The number of rotatable bonds is 5. The zero-order chi connectivity index (χ0) is 12.1. The van der Waals surface area contributed by atoms with Crippen LogP contribution in [0.3, 0.4) is 0 Å². The summed E-state index contributed by atoms with van der Waals surface area (Å²) in [6.07, 6.45) is 6.84. The molecule has 0 fully saturated rings. The average Bonchev–Trinajstić information content (AvgIpc) is 2.83. The van der Waals surface area contributed by atoms with Crippen molar-refractivity contribution in [2.45, 2.75) is 26.3 Å². The second-order valence-electron chi connectivity index (χ2n) is 3.63. The van der Waals surface area contributed by atoms with Crippen LogP contribution in [0.5, 0.6) is 0 Å². The van der Waals surface area contributed by atoms with Gasteiger partial charge in [0.1, 0.15) is 23.1 Å². The minimum Gasteiger partial charge on any atom is -0.362 e. The van der Waals surface area contributed by atoms with E-state index in [0.29, 0.717) is 11.7 Å². The van der Waals surface area contributed by atoms with E-state index in [0.717, 1.165) is 30.0 Å². The molecule has 0 bridgehead atoms. The minimum atomic E-state index is 0.517. The highest BCUT2D eigenvalue weighted by atomic mass is 35.5. The predicted octanol–water partition coefficient (Wildman–Crippen LogP) is 2.42. The molecule has 0 spiro atoms. The van der Waals surface area contributed by atoms with E-state index in [4.69, 9.17) is 11.6 Å². The molecule has 0 atom stereocenters. The molecule has 0 amide bonds. The Morgan fingerprint density at radius 3 is 2.94 bits per heavy atom. The fourth-order valence-electron chi connectivity index (χ4n) is 1.58. The Morgan fingerprint density at radius 2 is 2.24 bits per heavy atom. The van der Waals surface area contributed by atoms with Gasteiger partial charge in [-0.15, -0.1) is 0 Å². The number of anilines is 1. The lowest BCUT2D eigenvalue weighted by molar-refractivity contribution is 0.891. The standard InChI is InChI=1S/C11H14ClN5/c1-2-3-8-10(12)16-7-17-11(8)15-6-9-13-4-5-14-9/h4-5,7H,2-3,6H2,1H3,(H,13,14)(H,15,16,17). The Labute approximate surface area is 105 Å². The Bertz CT molecular complexity index is 469. The number of nitrogens with one attached hydrogen (secondary N) is 2. The van der Waals surface area contributed by atoms with Gasteiger partial charge >= 0.3 is 0 Å². The third kappa shape index (κ3) is 2.94. The lowest BCUT2D eigenvalue weighted by atomic mass is 10.2. The number of hydrogen-bond donors (Lipinski definition) is 2. The number of halogens is 1. The highest BCUT2D eigenvalue weighted by Gasteiger charge is 2.08. The van der Waals surface area contributed by atoms with Crippen molar-refractivity contribution in [1.82, 2.24) is 19.9 Å². The molecule has 0 aromatic carbocycles. The molecule has 17 heavy (non-hydrogen) atoms. The zero-order valence-corrected chi connectivity index (χ0v) is 10.3. The molecule has 2 aromatic heterocycles. The first-order chi connectivity index (χ1) is 8.31. The Morgan fingerprint density at radius 1 is 1.35 bits per heavy atom. The van der Waals surface area contributed by atoms with Crippen molar-refractivity contribution in [2.75, 3.05) is 5.32 Å². The molecule has 0 aliphatic rings. The normalized spacial score (nSPS) is 10.5. The number of H-pyrrole nitrogens is 1. The molecule has 5 nitrogen and oxygen atoms in total. The molecular weight excluding hydrogens is 238 g/mol. The summed E-state index contributed by atoms with van der Waals surface area (Å²) in [7, 11) is 0. The number of nitrogens with zero attached hydrogens (tertiary/aromatic N) is 3. The Kier molecular flexibility index (Phi) is 3.93. The van der Waals surface area contributed by atoms with Gasteiger partial charge in [-0.3, -0.25) is 0 Å². The van der Waals surface area contributed by atoms with E-state index in [9.17, 15) is 0 Å². The molecule has 0 radical (unpaired) electrons. The number of aromatic amines is 1. The first-order valence-electron chi connectivity index (χ1n) is 5.52. The maximum Gasteiger partial charge on any atom is 0.137 e. The molecular formula is C11H14ClN5. The van der Waals surface area contributed by atoms with E-state index < -0.39 is 0 Å². The van der Waals surface area contributed by atoms with E-state index in [1.807, 2.05) is 0 Å². The van der Waals surface area contributed by atoms with E-state index in [1.54, 1.807) is 12.4 Å². The van der Waals surface area contributed by atoms with E-state index in [1.165, 1.54) is 6.33 Å². The summed E-state index contributed by atoms with van der Waals surface area (Å²) in [4.78, 5) is 15.4. The summed E-state index contributed by atoms with van der Waals surface area (Å²) < 4.78 is 0. The summed E-state index contributed by atoms with van der Waals surface area (Å²) >= 11 is 6.05. The molecule has 0 saturated carbocycles. The molecule has 0 saturated heterocycles. The highest BCUT2D eigenvalue weighted by molar-refractivity contribution is 6.30. The quantitative estimate of drug-likeness (QED) is 0.801. The van der Waals surface area contributed by atoms with Crippen molar-refractivity contribution >= 4 is 17.4 Å². The molecule has 2 rings (SSSR count). The monoisotopic (exact) mass is 251 g/mol. The van der Waals surface area contributed by atoms with Gasteiger partial charge in [0.2, 0.25) is 0 Å². The van der Waals surface area contributed by atoms with Gasteiger partial charge in [0.15, 0.2) is 0 Å². The highest BCUT2D eigenvalue weighted by Crippen LogP contribution is 2.21. The minimum absolute atomic E-state index is 0.517. The van der Waals surface area contributed by atoms with Crippen LogP contribution in [-0.4, -0.2) is 19.9 Å². The molecule has 2 heterocycles. The lowest BCUT2D eigenvalue weighted by Crippen LogP contribution is -2.07. The van der Waals surface area contributed by atoms with Crippen LogP contribution in [0, 0.1) is 0 Å². The van der Waals surface area contributed by atoms with Crippen molar-refractivity contribution in [1.29, 1.82) is 0 Å². The smallest absolute Gasteiger partial charge is 0.137 e. The second-order valence-corrected chi connectivity index (χ2v) is 3.99. The fraction of sp³-hybridized carbons (Fsp3) is 0.364. The van der Waals surface area contributed by atoms with Gasteiger partial charge in [-0.1, -0.05) is 24.9 Å². The SMILES string of the molecule is CCCc1c(Cl)ncnc1NCc1ncc[nH]1. The van der Waals surface area contributed by atoms with Crippen molar-refractivity contribution in [3.63, 3.8) is 0 Å². The third-order valence-corrected chi connectivity index (χ3v) is 2.70. The van der Waals surface area contributed by atoms with Gasteiger partial charge in [0.05, 0.1) is 6.54 Å². The molecule has 0 aliphatic heterocycles. The number of hydrogen-bond acceptors (Lipinski definition) is 4. The Balaban J connectivity index is 2.11. The number of imidazole rings is 1. The molecule has 2 aromatic rings. The molecule has 0 aliphatic carbocycles. The van der Waals surface area contributed by atoms with Crippen molar-refractivity contribution in [2.24, 2.45) is 0 Å². The lowest BCUT2D eigenvalue weighted by Gasteiger charge is -2.09. The van der Waals surface area contributed by atoms with E-state index in [-0.39, 0.29) is 0 Å². The van der Waals surface area contributed by atoms with Crippen LogP contribution in [0.15, 0.2) is 18.7 Å². The van der Waals surface area contributed by atoms with Crippen LogP contribution in [-0.2, 0) is 13.0 Å². The second kappa shape index (κ2) is 5.63. The van der Waals surface area contributed by atoms with Crippen LogP contribution in [0.25, 0.3) is 0 Å². The summed E-state index contributed by atoms with van der Waals surface area (Å²) in [5, 5.41) is 3.73. The van der Waals surface area contributed by atoms with Gasteiger partial charge in [-0.05, 0) is 6.42 Å². The van der Waals surface area contributed by atoms with Crippen LogP contribution in [0.2, 0.25) is 5.15 Å². The first kappa shape index (κ1) is 11.9. The van der Waals surface area contributed by atoms with Crippen LogP contribution >= 0.6 is 11.6 Å². The first-order valence-corrected chi connectivity index (χ1v) is 5.90. The van der Waals surface area contributed by atoms with Gasteiger partial charge in [0.25, 0.3) is 0 Å². The summed E-state index contributed by atoms with van der Waals surface area (Å²) in [6, 6.07) is 0. The maximum atomic E-state index is 6.05.